The van der Waals surface area contributed by atoms with Gasteiger partial charge in [-0.1, -0.05) is 0 Å². The lowest BCUT2D eigenvalue weighted by molar-refractivity contribution is 0.683. The first-order valence-electron chi connectivity index (χ1n) is 4.95. The molecule has 0 aliphatic carbocycles. The molecule has 2 aromatic rings. The monoisotopic (exact) mass is 221 g/mol. The van der Waals surface area contributed by atoms with Crippen molar-refractivity contribution in [3.63, 3.8) is 0 Å². The highest BCUT2D eigenvalue weighted by Gasteiger charge is 2.10. The number of nitrogens with two attached hydrogens (primary N) is 1. The third-order valence-electron chi connectivity index (χ3n) is 2.32. The van der Waals surface area contributed by atoms with E-state index in [1.807, 2.05) is 24.0 Å². The predicted molar refractivity (Wildman–Crippen MR) is 62.9 cm³/mol. The average Bonchev–Trinajstić information content (AvgIpc) is 2.75. The molecule has 80 valence electrons. The fourth-order valence-electron chi connectivity index (χ4n) is 1.55. The Kier molecular flexibility index (Phi) is 2.88. The molecule has 2 rings (SSSR count). The molecule has 2 heterocycles. The zero-order valence-electron chi connectivity index (χ0n) is 8.97. The van der Waals surface area contributed by atoms with Crippen molar-refractivity contribution < 1.29 is 0 Å². The van der Waals surface area contributed by atoms with Gasteiger partial charge in [0.05, 0.1) is 5.69 Å². The minimum atomic E-state index is 0.0681. The maximum Gasteiger partial charge on any atom is 0.0643 e. The van der Waals surface area contributed by atoms with Gasteiger partial charge in [-0.2, -0.15) is 5.10 Å². The molecule has 2 aromatic heterocycles. The third-order valence-corrected chi connectivity index (χ3v) is 3.46. The molecule has 0 spiro atoms. The fourth-order valence-corrected chi connectivity index (χ4v) is 2.43. The summed E-state index contributed by atoms with van der Waals surface area (Å²) in [5.41, 5.74) is 7.16. The molecular weight excluding hydrogens is 206 g/mol. The van der Waals surface area contributed by atoms with Crippen LogP contribution >= 0.6 is 11.3 Å². The summed E-state index contributed by atoms with van der Waals surface area (Å²) in [5.74, 6) is 0. The molecule has 0 radical (unpaired) electrons. The maximum absolute atomic E-state index is 6.11. The van der Waals surface area contributed by atoms with Crippen molar-refractivity contribution in [3.8, 4) is 0 Å². The van der Waals surface area contributed by atoms with Crippen LogP contribution in [0, 0.1) is 6.92 Å². The zero-order valence-corrected chi connectivity index (χ0v) is 9.79. The highest BCUT2D eigenvalue weighted by atomic mass is 32.1. The van der Waals surface area contributed by atoms with Crippen LogP contribution in [0.2, 0.25) is 0 Å². The summed E-state index contributed by atoms with van der Waals surface area (Å²) < 4.78 is 1.81. The van der Waals surface area contributed by atoms with E-state index < -0.39 is 0 Å². The van der Waals surface area contributed by atoms with Gasteiger partial charge in [0.2, 0.25) is 0 Å². The summed E-state index contributed by atoms with van der Waals surface area (Å²) >= 11 is 1.76. The van der Waals surface area contributed by atoms with Gasteiger partial charge in [0.25, 0.3) is 0 Å². The van der Waals surface area contributed by atoms with E-state index in [1.54, 1.807) is 11.3 Å². The van der Waals surface area contributed by atoms with Crippen molar-refractivity contribution in [2.24, 2.45) is 12.8 Å². The Morgan fingerprint density at radius 3 is 2.80 bits per heavy atom. The molecule has 1 unspecified atom stereocenters. The average molecular weight is 221 g/mol. The van der Waals surface area contributed by atoms with E-state index >= 15 is 0 Å². The molecule has 3 nitrogen and oxygen atoms in total. The van der Waals surface area contributed by atoms with Crippen molar-refractivity contribution in [1.29, 1.82) is 0 Å². The minimum Gasteiger partial charge on any atom is -0.323 e. The maximum atomic E-state index is 6.11. The van der Waals surface area contributed by atoms with Gasteiger partial charge >= 0.3 is 0 Å². The van der Waals surface area contributed by atoms with Crippen LogP contribution in [0.4, 0.5) is 0 Å². The lowest BCUT2D eigenvalue weighted by Crippen LogP contribution is -2.12. The quantitative estimate of drug-likeness (QED) is 0.862. The van der Waals surface area contributed by atoms with Gasteiger partial charge in [-0.05, 0) is 25.1 Å². The van der Waals surface area contributed by atoms with Crippen LogP contribution in [0.25, 0.3) is 0 Å². The summed E-state index contributed by atoms with van der Waals surface area (Å²) in [5, 5.41) is 4.32. The first-order valence-corrected chi connectivity index (χ1v) is 5.77. The third kappa shape index (κ3) is 2.46. The van der Waals surface area contributed by atoms with E-state index in [2.05, 4.69) is 24.2 Å². The highest BCUT2D eigenvalue weighted by molar-refractivity contribution is 7.12. The Bertz CT molecular complexity index is 444. The molecule has 0 bridgehead atoms. The van der Waals surface area contributed by atoms with Gasteiger partial charge < -0.3 is 5.73 Å². The molecule has 2 N–H and O–H groups in total. The molecule has 0 aliphatic rings. The molecule has 15 heavy (non-hydrogen) atoms. The molecule has 0 saturated carbocycles. The Morgan fingerprint density at radius 2 is 2.27 bits per heavy atom. The van der Waals surface area contributed by atoms with E-state index in [-0.39, 0.29) is 6.04 Å². The molecule has 0 amide bonds. The Labute approximate surface area is 93.5 Å². The van der Waals surface area contributed by atoms with Crippen molar-refractivity contribution in [2.75, 3.05) is 0 Å². The van der Waals surface area contributed by atoms with Crippen LogP contribution < -0.4 is 5.73 Å². The lowest BCUT2D eigenvalue weighted by atomic mass is 10.1. The smallest absolute Gasteiger partial charge is 0.0643 e. The van der Waals surface area contributed by atoms with Crippen molar-refractivity contribution in [1.82, 2.24) is 9.78 Å². The van der Waals surface area contributed by atoms with Gasteiger partial charge in [0.1, 0.15) is 0 Å². The molecule has 0 fully saturated rings. The van der Waals surface area contributed by atoms with Crippen LogP contribution in [0.1, 0.15) is 21.5 Å². The summed E-state index contributed by atoms with van der Waals surface area (Å²) in [6, 6.07) is 6.30. The number of rotatable bonds is 3. The van der Waals surface area contributed by atoms with E-state index in [0.29, 0.717) is 0 Å². The van der Waals surface area contributed by atoms with Crippen molar-refractivity contribution >= 4 is 11.3 Å². The summed E-state index contributed by atoms with van der Waals surface area (Å²) in [6.45, 7) is 2.10. The summed E-state index contributed by atoms with van der Waals surface area (Å²) in [4.78, 5) is 2.54. The molecule has 1 atom stereocenters. The normalized spacial score (nSPS) is 13.0. The van der Waals surface area contributed by atoms with Crippen LogP contribution in [-0.2, 0) is 13.5 Å². The van der Waals surface area contributed by atoms with Gasteiger partial charge in [-0.25, -0.2) is 0 Å². The Balaban J connectivity index is 2.06. The number of nitrogens with zero attached hydrogens (tertiary/aromatic N) is 2. The van der Waals surface area contributed by atoms with Gasteiger partial charge in [0.15, 0.2) is 0 Å². The lowest BCUT2D eigenvalue weighted by Gasteiger charge is -2.06. The van der Waals surface area contributed by atoms with Crippen molar-refractivity contribution in [2.45, 2.75) is 19.4 Å². The van der Waals surface area contributed by atoms with Gasteiger partial charge in [-0.3, -0.25) is 4.68 Å². The SMILES string of the molecule is Cc1ccc(C(N)Cc2ccn(C)n2)s1. The summed E-state index contributed by atoms with van der Waals surface area (Å²) in [7, 11) is 1.92. The van der Waals surface area contributed by atoms with Crippen LogP contribution in [0.5, 0.6) is 0 Å². The number of hydrogen-bond acceptors (Lipinski definition) is 3. The van der Waals surface area contributed by atoms with Crippen LogP contribution in [0.15, 0.2) is 24.4 Å². The van der Waals surface area contributed by atoms with E-state index in [4.69, 9.17) is 5.73 Å². The Morgan fingerprint density at radius 1 is 1.47 bits per heavy atom. The number of aromatic nitrogens is 2. The minimum absolute atomic E-state index is 0.0681. The second-order valence-corrected chi connectivity index (χ2v) is 5.06. The molecule has 0 aromatic carbocycles. The van der Waals surface area contributed by atoms with Gasteiger partial charge in [0, 0.05) is 35.5 Å². The number of thiophene rings is 1. The molecule has 0 saturated heterocycles. The molecule has 0 aliphatic heterocycles. The molecular formula is C11H15N3S. The fraction of sp³-hybridized carbons (Fsp3) is 0.364. The van der Waals surface area contributed by atoms with Crippen molar-refractivity contribution in [3.05, 3.63) is 39.8 Å². The first kappa shape index (κ1) is 10.4. The number of aryl methyl sites for hydroxylation is 2. The topological polar surface area (TPSA) is 43.8 Å². The standard InChI is InChI=1S/C11H15N3S/c1-8-3-4-11(15-8)10(12)7-9-5-6-14(2)13-9/h3-6,10H,7,12H2,1-2H3. The molecule has 4 heteroatoms. The zero-order chi connectivity index (χ0) is 10.8. The van der Waals surface area contributed by atoms with Crippen LogP contribution in [0.3, 0.4) is 0 Å². The van der Waals surface area contributed by atoms with Crippen LogP contribution in [-0.4, -0.2) is 9.78 Å². The highest BCUT2D eigenvalue weighted by Crippen LogP contribution is 2.23. The summed E-state index contributed by atoms with van der Waals surface area (Å²) in [6.07, 6.45) is 2.75. The second kappa shape index (κ2) is 4.16. The predicted octanol–water partition coefficient (Wildman–Crippen LogP) is 2.03. The number of hydrogen-bond donors (Lipinski definition) is 1. The first-order chi connectivity index (χ1) is 7.15. The van der Waals surface area contributed by atoms with Gasteiger partial charge in [-0.15, -0.1) is 11.3 Å². The Hall–Kier alpha value is -1.13. The second-order valence-electron chi connectivity index (χ2n) is 3.74. The van der Waals surface area contributed by atoms with E-state index in [9.17, 15) is 0 Å². The van der Waals surface area contributed by atoms with E-state index in [0.717, 1.165) is 12.1 Å². The van der Waals surface area contributed by atoms with E-state index in [1.165, 1.54) is 9.75 Å². The largest absolute Gasteiger partial charge is 0.323 e.